The third-order valence-electron chi connectivity index (χ3n) is 4.50. The van der Waals surface area contributed by atoms with Gasteiger partial charge in [0.05, 0.1) is 16.6 Å². The van der Waals surface area contributed by atoms with Crippen LogP contribution >= 0.6 is 0 Å². The summed E-state index contributed by atoms with van der Waals surface area (Å²) in [5, 5.41) is 2.70. The summed E-state index contributed by atoms with van der Waals surface area (Å²) >= 11 is 0. The van der Waals surface area contributed by atoms with Crippen LogP contribution in [-0.2, 0) is 25.7 Å². The predicted molar refractivity (Wildman–Crippen MR) is 106 cm³/mol. The van der Waals surface area contributed by atoms with Gasteiger partial charge in [-0.3, -0.25) is 9.52 Å². The second-order valence-corrected chi connectivity index (χ2v) is 8.57. The molecule has 0 spiro atoms. The van der Waals surface area contributed by atoms with Gasteiger partial charge >= 0.3 is 6.18 Å². The molecular formula is C20H21F3N2O5S. The minimum Gasteiger partial charge on any atom is -0.484 e. The third kappa shape index (κ3) is 6.59. The first-order chi connectivity index (χ1) is 14.6. The second kappa shape index (κ2) is 9.56. The van der Waals surface area contributed by atoms with Gasteiger partial charge in [-0.15, -0.1) is 0 Å². The van der Waals surface area contributed by atoms with Crippen molar-refractivity contribution in [3.63, 3.8) is 0 Å². The fraction of sp³-hybridized carbons (Fsp3) is 0.350. The maximum Gasteiger partial charge on any atom is 0.416 e. The van der Waals surface area contributed by atoms with Crippen molar-refractivity contribution in [3.8, 4) is 5.75 Å². The van der Waals surface area contributed by atoms with E-state index in [1.165, 1.54) is 30.3 Å². The summed E-state index contributed by atoms with van der Waals surface area (Å²) < 4.78 is 76.1. The van der Waals surface area contributed by atoms with Crippen molar-refractivity contribution in [2.24, 2.45) is 0 Å². The predicted octanol–water partition coefficient (Wildman–Crippen LogP) is 3.18. The SMILES string of the molecule is O=C(COc1ccc(S(=O)(=O)Nc2cccc(C(F)(F)F)c2)cc1)NC[C@@H]1CCCO1. The molecule has 1 saturated heterocycles. The first-order valence-corrected chi connectivity index (χ1v) is 10.9. The van der Waals surface area contributed by atoms with Gasteiger partial charge in [0.1, 0.15) is 5.75 Å². The normalized spacial score (nSPS) is 16.7. The second-order valence-electron chi connectivity index (χ2n) is 6.88. The molecule has 1 fully saturated rings. The van der Waals surface area contributed by atoms with Crippen LogP contribution in [-0.4, -0.2) is 40.2 Å². The Kier molecular flexibility index (Phi) is 7.06. The van der Waals surface area contributed by atoms with Crippen LogP contribution in [0.5, 0.6) is 5.75 Å². The number of sulfonamides is 1. The van der Waals surface area contributed by atoms with E-state index in [1.807, 2.05) is 0 Å². The highest BCUT2D eigenvalue weighted by molar-refractivity contribution is 7.92. The van der Waals surface area contributed by atoms with E-state index in [4.69, 9.17) is 9.47 Å². The molecule has 11 heteroatoms. The summed E-state index contributed by atoms with van der Waals surface area (Å²) in [6.07, 6.45) is -2.71. The molecule has 1 amide bonds. The number of ether oxygens (including phenoxy) is 2. The zero-order valence-electron chi connectivity index (χ0n) is 16.3. The van der Waals surface area contributed by atoms with Gasteiger partial charge in [0.25, 0.3) is 15.9 Å². The standard InChI is InChI=1S/C20H21F3N2O5S/c21-20(22,23)14-3-1-4-15(11-14)25-31(27,28)18-8-6-16(7-9-18)30-13-19(26)24-12-17-5-2-10-29-17/h1,3-4,6-9,11,17,25H,2,5,10,12-13H2,(H,24,26)/t17-/m0/s1. The summed E-state index contributed by atoms with van der Waals surface area (Å²) in [5.41, 5.74) is -1.17. The third-order valence-corrected chi connectivity index (χ3v) is 5.89. The van der Waals surface area contributed by atoms with Crippen LogP contribution in [0.2, 0.25) is 0 Å². The van der Waals surface area contributed by atoms with Crippen molar-refractivity contribution in [2.75, 3.05) is 24.5 Å². The lowest BCUT2D eigenvalue weighted by Crippen LogP contribution is -2.35. The number of nitrogens with one attached hydrogen (secondary N) is 2. The van der Waals surface area contributed by atoms with Crippen molar-refractivity contribution < 1.29 is 35.9 Å². The fourth-order valence-electron chi connectivity index (χ4n) is 2.92. The Morgan fingerprint density at radius 2 is 1.90 bits per heavy atom. The maximum absolute atomic E-state index is 12.8. The van der Waals surface area contributed by atoms with Crippen LogP contribution in [0.4, 0.5) is 18.9 Å². The number of rotatable bonds is 8. The number of halogens is 3. The first kappa shape index (κ1) is 22.9. The smallest absolute Gasteiger partial charge is 0.416 e. The number of amides is 1. The summed E-state index contributed by atoms with van der Waals surface area (Å²) in [5.74, 6) is -0.0660. The Hall–Kier alpha value is -2.79. The van der Waals surface area contributed by atoms with E-state index < -0.39 is 21.8 Å². The number of hydrogen-bond donors (Lipinski definition) is 2. The van der Waals surface area contributed by atoms with Crippen LogP contribution in [0.15, 0.2) is 53.4 Å². The van der Waals surface area contributed by atoms with Crippen LogP contribution in [0, 0.1) is 0 Å². The molecular weight excluding hydrogens is 437 g/mol. The van der Waals surface area contributed by atoms with Gasteiger partial charge in [-0.05, 0) is 55.3 Å². The highest BCUT2D eigenvalue weighted by Crippen LogP contribution is 2.31. The van der Waals surface area contributed by atoms with E-state index >= 15 is 0 Å². The summed E-state index contributed by atoms with van der Waals surface area (Å²) in [6.45, 7) is 0.844. The molecule has 0 saturated carbocycles. The molecule has 31 heavy (non-hydrogen) atoms. The molecule has 0 bridgehead atoms. The average molecular weight is 458 g/mol. The topological polar surface area (TPSA) is 93.7 Å². The Balaban J connectivity index is 1.55. The van der Waals surface area contributed by atoms with Gasteiger partial charge in [0.15, 0.2) is 6.61 Å². The number of carbonyl (C=O) groups is 1. The molecule has 0 radical (unpaired) electrons. The van der Waals surface area contributed by atoms with E-state index in [0.717, 1.165) is 25.0 Å². The van der Waals surface area contributed by atoms with Gasteiger partial charge in [-0.25, -0.2) is 8.42 Å². The summed E-state index contributed by atoms with van der Waals surface area (Å²) in [4.78, 5) is 11.7. The Labute approximate surface area is 177 Å². The lowest BCUT2D eigenvalue weighted by molar-refractivity contribution is -0.137. The maximum atomic E-state index is 12.8. The Bertz CT molecular complexity index is 1000. The van der Waals surface area contributed by atoms with Crippen LogP contribution in [0.3, 0.4) is 0 Å². The largest absolute Gasteiger partial charge is 0.484 e. The van der Waals surface area contributed by atoms with Crippen LogP contribution in [0.25, 0.3) is 0 Å². The van der Waals surface area contributed by atoms with Gasteiger partial charge in [0, 0.05) is 18.8 Å². The number of benzene rings is 2. The number of alkyl halides is 3. The monoisotopic (exact) mass is 458 g/mol. The summed E-state index contributed by atoms with van der Waals surface area (Å²) in [7, 11) is -4.11. The molecule has 1 aliphatic heterocycles. The minimum absolute atomic E-state index is 0.0118. The minimum atomic E-state index is -4.59. The highest BCUT2D eigenvalue weighted by Gasteiger charge is 2.30. The number of anilines is 1. The molecule has 7 nitrogen and oxygen atoms in total. The van der Waals surface area contributed by atoms with Crippen LogP contribution in [0.1, 0.15) is 18.4 Å². The quantitative estimate of drug-likeness (QED) is 0.634. The average Bonchev–Trinajstić information content (AvgIpc) is 3.24. The molecule has 2 N–H and O–H groups in total. The molecule has 0 unspecified atom stereocenters. The molecule has 0 aliphatic carbocycles. The molecule has 0 aromatic heterocycles. The summed E-state index contributed by atoms with van der Waals surface area (Å²) in [6, 6.07) is 9.07. The van der Waals surface area contributed by atoms with E-state index in [0.29, 0.717) is 19.2 Å². The molecule has 168 valence electrons. The van der Waals surface area contributed by atoms with Crippen molar-refractivity contribution >= 4 is 21.6 Å². The van der Waals surface area contributed by atoms with Gasteiger partial charge < -0.3 is 14.8 Å². The van der Waals surface area contributed by atoms with Crippen molar-refractivity contribution in [1.82, 2.24) is 5.32 Å². The van der Waals surface area contributed by atoms with Gasteiger partial charge in [0.2, 0.25) is 0 Å². The lowest BCUT2D eigenvalue weighted by Gasteiger charge is -2.12. The molecule has 1 aliphatic rings. The zero-order chi connectivity index (χ0) is 22.5. The lowest BCUT2D eigenvalue weighted by atomic mass is 10.2. The molecule has 1 heterocycles. The fourth-order valence-corrected chi connectivity index (χ4v) is 3.97. The van der Waals surface area contributed by atoms with Gasteiger partial charge in [-0.2, -0.15) is 13.2 Å². The van der Waals surface area contributed by atoms with E-state index in [1.54, 1.807) is 0 Å². The van der Waals surface area contributed by atoms with E-state index in [2.05, 4.69) is 10.0 Å². The van der Waals surface area contributed by atoms with E-state index in [9.17, 15) is 26.4 Å². The van der Waals surface area contributed by atoms with E-state index in [-0.39, 0.29) is 35.0 Å². The highest BCUT2D eigenvalue weighted by atomic mass is 32.2. The first-order valence-electron chi connectivity index (χ1n) is 9.45. The van der Waals surface area contributed by atoms with Gasteiger partial charge in [-0.1, -0.05) is 6.07 Å². The Morgan fingerprint density at radius 1 is 1.16 bits per heavy atom. The molecule has 3 rings (SSSR count). The molecule has 2 aromatic rings. The van der Waals surface area contributed by atoms with Crippen LogP contribution < -0.4 is 14.8 Å². The molecule has 1 atom stereocenters. The number of hydrogen-bond acceptors (Lipinski definition) is 5. The zero-order valence-corrected chi connectivity index (χ0v) is 17.1. The molecule has 2 aromatic carbocycles. The van der Waals surface area contributed by atoms with Crippen molar-refractivity contribution in [2.45, 2.75) is 30.0 Å². The number of carbonyl (C=O) groups excluding carboxylic acids is 1. The van der Waals surface area contributed by atoms with Crippen molar-refractivity contribution in [3.05, 3.63) is 54.1 Å². The van der Waals surface area contributed by atoms with Crippen molar-refractivity contribution in [1.29, 1.82) is 0 Å². The Morgan fingerprint density at radius 3 is 2.55 bits per heavy atom.